The molecule has 5 rings (SSSR count). The Morgan fingerprint density at radius 3 is 2.69 bits per heavy atom. The van der Waals surface area contributed by atoms with E-state index in [1.165, 1.54) is 0 Å². The third kappa shape index (κ3) is 3.38. The fourth-order valence-electron chi connectivity index (χ4n) is 3.50. The van der Waals surface area contributed by atoms with Crippen molar-refractivity contribution in [2.24, 2.45) is 0 Å². The molecule has 0 bridgehead atoms. The van der Waals surface area contributed by atoms with Gasteiger partial charge in [0.25, 0.3) is 10.0 Å². The van der Waals surface area contributed by atoms with Gasteiger partial charge in [0.2, 0.25) is 0 Å². The number of hydrogen-bond acceptors (Lipinski definition) is 5. The van der Waals surface area contributed by atoms with Gasteiger partial charge in [-0.25, -0.2) is 8.42 Å². The van der Waals surface area contributed by atoms with Crippen LogP contribution in [0.4, 0.5) is 5.69 Å². The average Bonchev–Trinajstić information content (AvgIpc) is 3.26. The molecule has 0 aliphatic carbocycles. The van der Waals surface area contributed by atoms with Crippen LogP contribution >= 0.6 is 11.8 Å². The van der Waals surface area contributed by atoms with Crippen LogP contribution in [0.3, 0.4) is 0 Å². The first-order valence-electron chi connectivity index (χ1n) is 9.21. The molecule has 0 fully saturated rings. The summed E-state index contributed by atoms with van der Waals surface area (Å²) >= 11 is 1.70. The van der Waals surface area contributed by atoms with Gasteiger partial charge in [0.05, 0.1) is 4.90 Å². The Hall–Kier alpha value is -2.84. The van der Waals surface area contributed by atoms with Gasteiger partial charge in [-0.1, -0.05) is 61.2 Å². The number of rotatable bonds is 4. The minimum Gasteiger partial charge on any atom is -0.301 e. The molecule has 0 saturated heterocycles. The molecule has 1 aliphatic heterocycles. The molecule has 1 N–H and O–H groups in total. The molecule has 4 aromatic rings. The summed E-state index contributed by atoms with van der Waals surface area (Å²) in [5.41, 5.74) is 1.32. The van der Waals surface area contributed by atoms with E-state index in [1.807, 2.05) is 42.5 Å². The van der Waals surface area contributed by atoms with Crippen molar-refractivity contribution < 1.29 is 8.42 Å². The molecule has 1 aromatic heterocycles. The fourth-order valence-corrected chi connectivity index (χ4v) is 5.54. The number of fused-ring (bicyclic) bond motifs is 2. The highest BCUT2D eigenvalue weighted by atomic mass is 32.2. The van der Waals surface area contributed by atoms with Gasteiger partial charge in [-0.2, -0.15) is 0 Å². The molecular weight excluding hydrogens is 404 g/mol. The quantitative estimate of drug-likeness (QED) is 0.528. The molecule has 1 aliphatic rings. The molecule has 29 heavy (non-hydrogen) atoms. The van der Waals surface area contributed by atoms with E-state index in [1.54, 1.807) is 36.0 Å². The van der Waals surface area contributed by atoms with E-state index in [9.17, 15) is 8.42 Å². The van der Waals surface area contributed by atoms with E-state index < -0.39 is 10.0 Å². The average molecular weight is 423 g/mol. The number of hydrogen-bond donors (Lipinski definition) is 1. The van der Waals surface area contributed by atoms with Crippen molar-refractivity contribution >= 4 is 38.2 Å². The SMILES string of the molecule is C[C@H]1Cn2c(nnc2-c2cccc(NS(=O)(=O)c3ccc4ccccc4c3)c2)S1. The Morgan fingerprint density at radius 2 is 1.83 bits per heavy atom. The van der Waals surface area contributed by atoms with Crippen LogP contribution in [0.15, 0.2) is 76.8 Å². The topological polar surface area (TPSA) is 76.9 Å². The lowest BCUT2D eigenvalue weighted by atomic mass is 10.1. The summed E-state index contributed by atoms with van der Waals surface area (Å²) in [4.78, 5) is 0.232. The summed E-state index contributed by atoms with van der Waals surface area (Å²) < 4.78 is 30.6. The van der Waals surface area contributed by atoms with Gasteiger partial charge in [-0.3, -0.25) is 4.72 Å². The number of aromatic nitrogens is 3. The van der Waals surface area contributed by atoms with E-state index >= 15 is 0 Å². The maximum absolute atomic E-state index is 12.9. The first kappa shape index (κ1) is 18.2. The predicted molar refractivity (Wildman–Crippen MR) is 116 cm³/mol. The molecule has 3 aromatic carbocycles. The van der Waals surface area contributed by atoms with Crippen LogP contribution in [-0.2, 0) is 16.6 Å². The second-order valence-electron chi connectivity index (χ2n) is 7.04. The number of thioether (sulfide) groups is 1. The smallest absolute Gasteiger partial charge is 0.261 e. The van der Waals surface area contributed by atoms with Crippen molar-refractivity contribution in [3.63, 3.8) is 0 Å². The minimum absolute atomic E-state index is 0.232. The Bertz CT molecular complexity index is 1330. The third-order valence-corrected chi connectivity index (χ3v) is 7.31. The maximum atomic E-state index is 12.9. The Morgan fingerprint density at radius 1 is 1.00 bits per heavy atom. The number of sulfonamides is 1. The van der Waals surface area contributed by atoms with Crippen LogP contribution in [0.5, 0.6) is 0 Å². The van der Waals surface area contributed by atoms with Crippen LogP contribution in [-0.4, -0.2) is 28.4 Å². The van der Waals surface area contributed by atoms with Gasteiger partial charge in [0, 0.05) is 23.0 Å². The lowest BCUT2D eigenvalue weighted by Crippen LogP contribution is -2.13. The van der Waals surface area contributed by atoms with Crippen molar-refractivity contribution in [3.8, 4) is 11.4 Å². The van der Waals surface area contributed by atoms with Crippen molar-refractivity contribution in [1.29, 1.82) is 0 Å². The highest BCUT2D eigenvalue weighted by Crippen LogP contribution is 2.34. The molecule has 6 nitrogen and oxygen atoms in total. The molecule has 0 saturated carbocycles. The van der Waals surface area contributed by atoms with Crippen LogP contribution < -0.4 is 4.72 Å². The number of nitrogens with zero attached hydrogens (tertiary/aromatic N) is 3. The monoisotopic (exact) mass is 422 g/mol. The van der Waals surface area contributed by atoms with E-state index in [2.05, 4.69) is 26.4 Å². The third-order valence-electron chi connectivity index (χ3n) is 4.87. The first-order chi connectivity index (χ1) is 14.0. The summed E-state index contributed by atoms with van der Waals surface area (Å²) in [5, 5.41) is 11.8. The van der Waals surface area contributed by atoms with Crippen LogP contribution in [0.1, 0.15) is 6.92 Å². The summed E-state index contributed by atoms with van der Waals surface area (Å²) in [6.07, 6.45) is 0. The van der Waals surface area contributed by atoms with Crippen LogP contribution in [0, 0.1) is 0 Å². The first-order valence-corrected chi connectivity index (χ1v) is 11.6. The van der Waals surface area contributed by atoms with Crippen molar-refractivity contribution in [2.45, 2.75) is 28.8 Å². The Labute approximate surface area is 173 Å². The minimum atomic E-state index is -3.71. The molecule has 0 spiro atoms. The maximum Gasteiger partial charge on any atom is 0.261 e. The zero-order valence-corrected chi connectivity index (χ0v) is 17.2. The van der Waals surface area contributed by atoms with Crippen molar-refractivity contribution in [1.82, 2.24) is 14.8 Å². The number of nitrogens with one attached hydrogen (secondary N) is 1. The van der Waals surface area contributed by atoms with E-state index in [0.29, 0.717) is 10.9 Å². The fraction of sp³-hybridized carbons (Fsp3) is 0.143. The van der Waals surface area contributed by atoms with Gasteiger partial charge in [-0.05, 0) is 35.0 Å². The van der Waals surface area contributed by atoms with Gasteiger partial charge < -0.3 is 4.57 Å². The van der Waals surface area contributed by atoms with E-state index in [0.717, 1.165) is 33.9 Å². The molecule has 2 heterocycles. The van der Waals surface area contributed by atoms with Gasteiger partial charge in [0.1, 0.15) is 0 Å². The van der Waals surface area contributed by atoms with E-state index in [-0.39, 0.29) is 4.90 Å². The lowest BCUT2D eigenvalue weighted by Gasteiger charge is -2.11. The molecule has 0 amide bonds. The standard InChI is InChI=1S/C21H18N4O2S2/c1-14-13-25-20(22-23-21(25)28-14)17-7-4-8-18(11-17)24-29(26,27)19-10-9-15-5-2-3-6-16(15)12-19/h2-12,14,24H,13H2,1H3/t14-/m0/s1. The molecule has 1 atom stereocenters. The van der Waals surface area contributed by atoms with E-state index in [4.69, 9.17) is 0 Å². The van der Waals surface area contributed by atoms with Gasteiger partial charge in [0.15, 0.2) is 11.0 Å². The van der Waals surface area contributed by atoms with Crippen LogP contribution in [0.25, 0.3) is 22.2 Å². The molecular formula is C21H18N4O2S2. The highest BCUT2D eigenvalue weighted by molar-refractivity contribution is 7.99. The summed E-state index contributed by atoms with van der Waals surface area (Å²) in [5.74, 6) is 0.753. The second-order valence-corrected chi connectivity index (χ2v) is 10.1. The normalized spacial score (nSPS) is 16.1. The van der Waals surface area contributed by atoms with Crippen molar-refractivity contribution in [2.75, 3.05) is 4.72 Å². The zero-order chi connectivity index (χ0) is 20.0. The second kappa shape index (κ2) is 6.89. The molecule has 0 radical (unpaired) electrons. The van der Waals surface area contributed by atoms with Crippen LogP contribution in [0.2, 0.25) is 0 Å². The van der Waals surface area contributed by atoms with Crippen molar-refractivity contribution in [3.05, 3.63) is 66.7 Å². The molecule has 8 heteroatoms. The highest BCUT2D eigenvalue weighted by Gasteiger charge is 2.24. The zero-order valence-electron chi connectivity index (χ0n) is 15.6. The summed E-state index contributed by atoms with van der Waals surface area (Å²) in [6.45, 7) is 2.99. The summed E-state index contributed by atoms with van der Waals surface area (Å²) in [7, 11) is -3.71. The Balaban J connectivity index is 1.47. The summed E-state index contributed by atoms with van der Waals surface area (Å²) in [6, 6.07) is 20.1. The lowest BCUT2D eigenvalue weighted by molar-refractivity contribution is 0.601. The number of anilines is 1. The largest absolute Gasteiger partial charge is 0.301 e. The van der Waals surface area contributed by atoms with Gasteiger partial charge >= 0.3 is 0 Å². The predicted octanol–water partition coefficient (Wildman–Crippen LogP) is 4.39. The Kier molecular flexibility index (Phi) is 4.33. The molecule has 146 valence electrons. The number of benzene rings is 3. The molecule has 0 unspecified atom stereocenters. The van der Waals surface area contributed by atoms with Gasteiger partial charge in [-0.15, -0.1) is 10.2 Å².